The molecule has 0 aromatic rings. The summed E-state index contributed by atoms with van der Waals surface area (Å²) in [7, 11) is 0. The van der Waals surface area contributed by atoms with E-state index in [0.717, 1.165) is 0 Å². The highest BCUT2D eigenvalue weighted by atomic mass is 16.2. The molecule has 1 amide bonds. The summed E-state index contributed by atoms with van der Waals surface area (Å²) in [5.74, 6) is -0.386. The zero-order chi connectivity index (χ0) is 13.4. The highest BCUT2D eigenvalue weighted by molar-refractivity contribution is 6.00. The lowest BCUT2D eigenvalue weighted by Gasteiger charge is -2.16. The minimum absolute atomic E-state index is 0.0207. The van der Waals surface area contributed by atoms with Crippen LogP contribution in [-0.2, 0) is 9.59 Å². The molecule has 0 spiro atoms. The maximum Gasteiger partial charge on any atom is 0.217 e. The summed E-state index contributed by atoms with van der Waals surface area (Å²) >= 11 is 0. The molecule has 0 saturated carbocycles. The number of ketones is 1. The summed E-state index contributed by atoms with van der Waals surface area (Å²) in [4.78, 5) is 26.5. The van der Waals surface area contributed by atoms with Crippen molar-refractivity contribution in [3.8, 4) is 0 Å². The first-order chi connectivity index (χ1) is 7.84. The number of carbonyl (C=O) groups is 2. The fourth-order valence-electron chi connectivity index (χ4n) is 1.32. The van der Waals surface area contributed by atoms with Gasteiger partial charge in [0.2, 0.25) is 5.91 Å². The van der Waals surface area contributed by atoms with Crippen molar-refractivity contribution in [2.45, 2.75) is 32.7 Å². The van der Waals surface area contributed by atoms with Crippen LogP contribution in [0, 0.1) is 0 Å². The van der Waals surface area contributed by atoms with Gasteiger partial charge in [-0.05, 0) is 25.3 Å². The summed E-state index contributed by atoms with van der Waals surface area (Å²) in [6.45, 7) is 6.99. The Balaban J connectivity index is 4.30. The van der Waals surface area contributed by atoms with E-state index in [1.807, 2.05) is 0 Å². The molecular weight excluding hydrogens is 220 g/mol. The first kappa shape index (κ1) is 15.2. The number of hydrogen-bond acceptors (Lipinski definition) is 3. The third-order valence-electron chi connectivity index (χ3n) is 2.06. The Morgan fingerprint density at radius 3 is 2.35 bits per heavy atom. The van der Waals surface area contributed by atoms with Gasteiger partial charge in [0.25, 0.3) is 0 Å². The van der Waals surface area contributed by atoms with Crippen LogP contribution >= 0.6 is 0 Å². The second-order valence-corrected chi connectivity index (χ2v) is 3.85. The zero-order valence-electron chi connectivity index (χ0n) is 10.3. The maximum absolute atomic E-state index is 11.7. The summed E-state index contributed by atoms with van der Waals surface area (Å²) in [6, 6.07) is -0.542. The molecule has 0 aromatic carbocycles. The van der Waals surface area contributed by atoms with Crippen molar-refractivity contribution in [3.63, 3.8) is 0 Å². The van der Waals surface area contributed by atoms with Gasteiger partial charge in [0.1, 0.15) is 0 Å². The summed E-state index contributed by atoms with van der Waals surface area (Å²) in [6.07, 6.45) is 1.10. The predicted molar refractivity (Wildman–Crippen MR) is 67.3 cm³/mol. The van der Waals surface area contributed by atoms with E-state index in [2.05, 4.69) is 16.9 Å². The normalized spacial score (nSPS) is 11.4. The fourth-order valence-corrected chi connectivity index (χ4v) is 1.32. The van der Waals surface area contributed by atoms with Gasteiger partial charge in [-0.3, -0.25) is 14.6 Å². The molecule has 0 saturated heterocycles. The van der Waals surface area contributed by atoms with E-state index >= 15 is 0 Å². The van der Waals surface area contributed by atoms with E-state index < -0.39 is 6.04 Å². The van der Waals surface area contributed by atoms with Crippen molar-refractivity contribution in [2.24, 2.45) is 16.5 Å². The largest absolute Gasteiger partial charge is 0.370 e. The first-order valence-corrected chi connectivity index (χ1v) is 5.36. The number of nitrogens with two attached hydrogens (primary N) is 2. The molecule has 0 fully saturated rings. The fraction of sp³-hybridized carbons (Fsp3) is 0.545. The van der Waals surface area contributed by atoms with Gasteiger partial charge >= 0.3 is 0 Å². The number of nitrogens with one attached hydrogen (secondary N) is 1. The molecule has 6 heteroatoms. The van der Waals surface area contributed by atoms with Gasteiger partial charge in [-0.25, -0.2) is 0 Å². The van der Waals surface area contributed by atoms with E-state index in [4.69, 9.17) is 11.5 Å². The molecular formula is C11H20N4O2. The quantitative estimate of drug-likeness (QED) is 0.245. The van der Waals surface area contributed by atoms with Crippen molar-refractivity contribution in [1.29, 1.82) is 0 Å². The summed E-state index contributed by atoms with van der Waals surface area (Å²) in [5.41, 5.74) is 10.8. The maximum atomic E-state index is 11.7. The number of carbonyl (C=O) groups excluding carboxylic acids is 2. The number of Topliss-reactive ketones (excluding diaryl/α,β-unsaturated/α-hetero) is 1. The Morgan fingerprint density at radius 1 is 1.35 bits per heavy atom. The first-order valence-electron chi connectivity index (χ1n) is 5.36. The van der Waals surface area contributed by atoms with Crippen LogP contribution in [0.25, 0.3) is 0 Å². The Kier molecular flexibility index (Phi) is 6.62. The Morgan fingerprint density at radius 2 is 1.94 bits per heavy atom. The molecule has 0 aliphatic rings. The number of nitrogens with zero attached hydrogens (tertiary/aromatic N) is 1. The number of guanidine groups is 1. The smallest absolute Gasteiger partial charge is 0.217 e. The molecule has 1 atom stereocenters. The molecule has 0 radical (unpaired) electrons. The van der Waals surface area contributed by atoms with Crippen LogP contribution in [0.1, 0.15) is 26.7 Å². The lowest BCUT2D eigenvalue weighted by molar-refractivity contribution is -0.125. The molecule has 0 heterocycles. The van der Waals surface area contributed by atoms with Crippen LogP contribution in [0.3, 0.4) is 0 Å². The van der Waals surface area contributed by atoms with E-state index in [9.17, 15) is 9.59 Å². The van der Waals surface area contributed by atoms with Crippen molar-refractivity contribution in [1.82, 2.24) is 5.32 Å². The van der Waals surface area contributed by atoms with E-state index in [1.165, 1.54) is 6.92 Å². The van der Waals surface area contributed by atoms with Crippen LogP contribution in [0.5, 0.6) is 0 Å². The van der Waals surface area contributed by atoms with E-state index in [-0.39, 0.29) is 17.6 Å². The lowest BCUT2D eigenvalue weighted by atomic mass is 10.0. The monoisotopic (exact) mass is 240 g/mol. The highest BCUT2D eigenvalue weighted by Gasteiger charge is 2.18. The molecule has 0 aliphatic carbocycles. The van der Waals surface area contributed by atoms with Crippen LogP contribution in [0.2, 0.25) is 0 Å². The molecule has 6 nitrogen and oxygen atoms in total. The van der Waals surface area contributed by atoms with Crippen molar-refractivity contribution < 1.29 is 9.59 Å². The average molecular weight is 240 g/mol. The van der Waals surface area contributed by atoms with Crippen molar-refractivity contribution in [3.05, 3.63) is 12.2 Å². The highest BCUT2D eigenvalue weighted by Crippen LogP contribution is 2.04. The van der Waals surface area contributed by atoms with Gasteiger partial charge in [0.15, 0.2) is 11.7 Å². The van der Waals surface area contributed by atoms with Gasteiger partial charge in [-0.2, -0.15) is 0 Å². The number of rotatable bonds is 7. The van der Waals surface area contributed by atoms with Gasteiger partial charge in [0, 0.05) is 13.5 Å². The van der Waals surface area contributed by atoms with E-state index in [1.54, 1.807) is 6.92 Å². The molecule has 96 valence electrons. The van der Waals surface area contributed by atoms with Crippen LogP contribution in [-0.4, -0.2) is 30.2 Å². The zero-order valence-corrected chi connectivity index (χ0v) is 10.3. The van der Waals surface area contributed by atoms with Gasteiger partial charge in [0.05, 0.1) is 6.04 Å². The molecule has 0 aliphatic heterocycles. The number of hydrogen-bond donors (Lipinski definition) is 3. The SMILES string of the molecule is C=C(C)C(=O)C(CCCN=C(N)N)NC(C)=O. The Bertz CT molecular complexity index is 332. The number of amides is 1. The minimum Gasteiger partial charge on any atom is -0.370 e. The summed E-state index contributed by atoms with van der Waals surface area (Å²) < 4.78 is 0. The third-order valence-corrected chi connectivity index (χ3v) is 2.06. The topological polar surface area (TPSA) is 111 Å². The molecule has 0 rings (SSSR count). The lowest BCUT2D eigenvalue weighted by Crippen LogP contribution is -2.40. The Hall–Kier alpha value is -1.85. The van der Waals surface area contributed by atoms with Crippen LogP contribution < -0.4 is 16.8 Å². The molecule has 5 N–H and O–H groups in total. The standard InChI is InChI=1S/C11H20N4O2/c1-7(2)10(17)9(15-8(3)16)5-4-6-14-11(12)13/h9H,1,4-6H2,2-3H3,(H,15,16)(H4,12,13,14). The third kappa shape index (κ3) is 7.10. The van der Waals surface area contributed by atoms with Crippen molar-refractivity contribution in [2.75, 3.05) is 6.54 Å². The number of aliphatic imine (C=N–C) groups is 1. The van der Waals surface area contributed by atoms with Gasteiger partial charge in [-0.15, -0.1) is 0 Å². The van der Waals surface area contributed by atoms with Gasteiger partial charge in [-0.1, -0.05) is 6.58 Å². The molecule has 0 aromatic heterocycles. The van der Waals surface area contributed by atoms with Gasteiger partial charge < -0.3 is 16.8 Å². The Labute approximate surface area is 101 Å². The predicted octanol–water partition coefficient (Wildman–Crippen LogP) is -0.310. The average Bonchev–Trinajstić information content (AvgIpc) is 2.20. The molecule has 0 bridgehead atoms. The van der Waals surface area contributed by atoms with Crippen LogP contribution in [0.4, 0.5) is 0 Å². The minimum atomic E-state index is -0.542. The van der Waals surface area contributed by atoms with Crippen molar-refractivity contribution >= 4 is 17.6 Å². The second kappa shape index (κ2) is 7.43. The van der Waals surface area contributed by atoms with E-state index in [0.29, 0.717) is 25.0 Å². The molecule has 17 heavy (non-hydrogen) atoms. The van der Waals surface area contributed by atoms with Crippen LogP contribution in [0.15, 0.2) is 17.1 Å². The summed E-state index contributed by atoms with van der Waals surface area (Å²) in [5, 5.41) is 2.59. The second-order valence-electron chi connectivity index (χ2n) is 3.85. The molecule has 1 unspecified atom stereocenters.